The molecule has 0 radical (unpaired) electrons. The van der Waals surface area contributed by atoms with Crippen LogP contribution in [0.5, 0.6) is 11.5 Å². The third-order valence-electron chi connectivity index (χ3n) is 6.32. The summed E-state index contributed by atoms with van der Waals surface area (Å²) in [6.07, 6.45) is 1.69. The number of amides is 2. The number of imide groups is 1. The maximum absolute atomic E-state index is 14.2. The molecule has 4 aromatic rings. The van der Waals surface area contributed by atoms with Crippen molar-refractivity contribution in [1.82, 2.24) is 9.47 Å². The van der Waals surface area contributed by atoms with Gasteiger partial charge in [0, 0.05) is 27.7 Å². The van der Waals surface area contributed by atoms with E-state index in [4.69, 9.17) is 21.6 Å². The molecule has 1 aromatic heterocycles. The van der Waals surface area contributed by atoms with E-state index in [1.54, 1.807) is 30.3 Å². The minimum Gasteiger partial charge on any atom is -0.457 e. The second-order valence-electron chi connectivity index (χ2n) is 8.86. The highest BCUT2D eigenvalue weighted by molar-refractivity contribution is 8.18. The minimum absolute atomic E-state index is 0.104. The van der Waals surface area contributed by atoms with Gasteiger partial charge in [-0.25, -0.2) is 4.39 Å². The average Bonchev–Trinajstić information content (AvgIpc) is 3.35. The van der Waals surface area contributed by atoms with Gasteiger partial charge in [0.25, 0.3) is 11.1 Å². The van der Waals surface area contributed by atoms with Crippen molar-refractivity contribution in [2.24, 2.45) is 0 Å². The van der Waals surface area contributed by atoms with E-state index in [0.29, 0.717) is 17.1 Å². The number of aryl methyl sites for hydroxylation is 1. The Morgan fingerprint density at radius 3 is 2.33 bits per heavy atom. The summed E-state index contributed by atoms with van der Waals surface area (Å²) in [7, 11) is 0. The molecule has 6 nitrogen and oxygen atoms in total. The molecule has 9 heteroatoms. The third-order valence-corrected chi connectivity index (χ3v) is 7.58. The van der Waals surface area contributed by atoms with Crippen LogP contribution < -0.4 is 4.74 Å². The summed E-state index contributed by atoms with van der Waals surface area (Å²) in [6.45, 7) is 3.66. The normalized spacial score (nSPS) is 14.2. The molecular weight excluding hydrogens is 537 g/mol. The van der Waals surface area contributed by atoms with Gasteiger partial charge >= 0.3 is 0 Å². The van der Waals surface area contributed by atoms with E-state index in [9.17, 15) is 14.0 Å². The predicted molar refractivity (Wildman–Crippen MR) is 149 cm³/mol. The molecule has 0 unspecified atom stereocenters. The van der Waals surface area contributed by atoms with Crippen molar-refractivity contribution < 1.29 is 18.7 Å². The van der Waals surface area contributed by atoms with E-state index in [0.717, 1.165) is 39.3 Å². The number of rotatable bonds is 6. The fourth-order valence-electron chi connectivity index (χ4n) is 4.35. The van der Waals surface area contributed by atoms with Crippen molar-refractivity contribution in [3.8, 4) is 23.3 Å². The van der Waals surface area contributed by atoms with Gasteiger partial charge in [0.05, 0.1) is 23.1 Å². The van der Waals surface area contributed by atoms with Crippen LogP contribution in [0.4, 0.5) is 9.18 Å². The number of carbonyl (C=O) groups is 2. The molecule has 0 saturated carbocycles. The highest BCUT2D eigenvalue weighted by Crippen LogP contribution is 2.36. The molecule has 2 amide bonds. The summed E-state index contributed by atoms with van der Waals surface area (Å²) in [5.41, 5.74) is 4.19. The molecule has 3 aromatic carbocycles. The number of nitriles is 1. The van der Waals surface area contributed by atoms with Gasteiger partial charge < -0.3 is 9.30 Å². The Labute approximate surface area is 233 Å². The lowest BCUT2D eigenvalue weighted by Crippen LogP contribution is -2.28. The Balaban J connectivity index is 1.36. The molecule has 0 aliphatic carbocycles. The Kier molecular flexibility index (Phi) is 7.29. The number of benzene rings is 3. The second-order valence-corrected chi connectivity index (χ2v) is 10.3. The summed E-state index contributed by atoms with van der Waals surface area (Å²) >= 11 is 6.92. The number of nitrogens with zero attached hydrogens (tertiary/aromatic N) is 3. The number of hydrogen-bond acceptors (Lipinski definition) is 5. The number of aromatic nitrogens is 1. The quantitative estimate of drug-likeness (QED) is 0.226. The molecular formula is C30H21ClFN3O3S. The van der Waals surface area contributed by atoms with Crippen LogP contribution in [0.3, 0.4) is 0 Å². The van der Waals surface area contributed by atoms with Gasteiger partial charge in [0.1, 0.15) is 17.3 Å². The highest BCUT2D eigenvalue weighted by Gasteiger charge is 2.36. The lowest BCUT2D eigenvalue weighted by molar-refractivity contribution is -0.123. The van der Waals surface area contributed by atoms with Crippen LogP contribution >= 0.6 is 23.4 Å². The smallest absolute Gasteiger partial charge is 0.293 e. The zero-order valence-electron chi connectivity index (χ0n) is 20.9. The van der Waals surface area contributed by atoms with Gasteiger partial charge in [0.2, 0.25) is 0 Å². The highest BCUT2D eigenvalue weighted by atomic mass is 35.5. The third kappa shape index (κ3) is 5.32. The van der Waals surface area contributed by atoms with Crippen molar-refractivity contribution in [2.45, 2.75) is 20.4 Å². The average molecular weight is 558 g/mol. The van der Waals surface area contributed by atoms with Crippen LogP contribution in [0.1, 0.15) is 28.1 Å². The van der Waals surface area contributed by atoms with E-state index >= 15 is 0 Å². The van der Waals surface area contributed by atoms with Crippen LogP contribution in [-0.2, 0) is 11.3 Å². The Morgan fingerprint density at radius 1 is 1.03 bits per heavy atom. The number of thioether (sulfide) groups is 1. The number of ether oxygens (including phenoxy) is 1. The van der Waals surface area contributed by atoms with E-state index in [-0.39, 0.29) is 22.0 Å². The van der Waals surface area contributed by atoms with E-state index in [1.807, 2.05) is 48.7 Å². The minimum atomic E-state index is -0.567. The second kappa shape index (κ2) is 10.8. The van der Waals surface area contributed by atoms with Gasteiger partial charge in [-0.05, 0) is 104 Å². The summed E-state index contributed by atoms with van der Waals surface area (Å²) < 4.78 is 22.2. The molecule has 0 atom stereocenters. The maximum Gasteiger partial charge on any atom is 0.293 e. The molecule has 1 aliphatic rings. The standard InChI is InChI=1S/C30H21ClFN3O3S/c1-18-14-21(15-28-29(36)34(30(37)39-28)17-25-26(31)4-3-5-27(25)32)19(2)35(18)22-8-12-24(13-9-22)38-23-10-6-20(16-33)7-11-23/h3-15H,17H2,1-2H3/b28-15-. The lowest BCUT2D eigenvalue weighted by Gasteiger charge is -2.14. The van der Waals surface area contributed by atoms with Gasteiger partial charge in [-0.3, -0.25) is 14.5 Å². The Morgan fingerprint density at radius 2 is 1.69 bits per heavy atom. The molecule has 0 spiro atoms. The lowest BCUT2D eigenvalue weighted by atomic mass is 10.2. The molecule has 39 heavy (non-hydrogen) atoms. The Hall–Kier alpha value is -4.32. The first-order valence-corrected chi connectivity index (χ1v) is 13.1. The first kappa shape index (κ1) is 26.3. The number of hydrogen-bond donors (Lipinski definition) is 0. The molecule has 1 fully saturated rings. The van der Waals surface area contributed by atoms with Gasteiger partial charge in [-0.1, -0.05) is 17.7 Å². The van der Waals surface area contributed by atoms with Crippen molar-refractivity contribution in [1.29, 1.82) is 5.26 Å². The van der Waals surface area contributed by atoms with E-state index in [1.165, 1.54) is 18.2 Å². The van der Waals surface area contributed by atoms with Crippen molar-refractivity contribution in [3.05, 3.63) is 117 Å². The van der Waals surface area contributed by atoms with Crippen molar-refractivity contribution >= 4 is 40.6 Å². The Bertz CT molecular complexity index is 1650. The zero-order chi connectivity index (χ0) is 27.7. The van der Waals surface area contributed by atoms with E-state index < -0.39 is 17.0 Å². The van der Waals surface area contributed by atoms with Gasteiger partial charge in [0.15, 0.2) is 0 Å². The topological polar surface area (TPSA) is 75.3 Å². The SMILES string of the molecule is Cc1cc(/C=C2\SC(=O)N(Cc3c(F)cccc3Cl)C2=O)c(C)n1-c1ccc(Oc2ccc(C#N)cc2)cc1. The molecule has 1 saturated heterocycles. The molecule has 5 rings (SSSR count). The largest absolute Gasteiger partial charge is 0.457 e. The van der Waals surface area contributed by atoms with Crippen molar-refractivity contribution in [3.63, 3.8) is 0 Å². The predicted octanol–water partition coefficient (Wildman–Crippen LogP) is 7.79. The van der Waals surface area contributed by atoms with Crippen molar-refractivity contribution in [2.75, 3.05) is 0 Å². The molecule has 1 aliphatic heterocycles. The van der Waals surface area contributed by atoms with Crippen LogP contribution in [0.15, 0.2) is 77.7 Å². The fourth-order valence-corrected chi connectivity index (χ4v) is 5.40. The number of carbonyl (C=O) groups excluding carboxylic acids is 2. The summed E-state index contributed by atoms with van der Waals surface area (Å²) in [5, 5.41) is 8.63. The zero-order valence-corrected chi connectivity index (χ0v) is 22.5. The van der Waals surface area contributed by atoms with Gasteiger partial charge in [-0.15, -0.1) is 0 Å². The van der Waals surface area contributed by atoms with Crippen LogP contribution in [0.25, 0.3) is 11.8 Å². The maximum atomic E-state index is 14.2. The summed E-state index contributed by atoms with van der Waals surface area (Å²) in [6, 6.07) is 22.7. The number of halogens is 2. The van der Waals surface area contributed by atoms with Crippen LogP contribution in [0.2, 0.25) is 5.02 Å². The van der Waals surface area contributed by atoms with Crippen LogP contribution in [0, 0.1) is 31.0 Å². The molecule has 0 N–H and O–H groups in total. The van der Waals surface area contributed by atoms with E-state index in [2.05, 4.69) is 6.07 Å². The summed E-state index contributed by atoms with van der Waals surface area (Å²) in [5.74, 6) is 0.221. The van der Waals surface area contributed by atoms with Crippen LogP contribution in [-0.4, -0.2) is 20.6 Å². The first-order valence-electron chi connectivity index (χ1n) is 11.9. The monoisotopic (exact) mass is 557 g/mol. The first-order chi connectivity index (χ1) is 18.7. The molecule has 2 heterocycles. The molecule has 0 bridgehead atoms. The van der Waals surface area contributed by atoms with Gasteiger partial charge in [-0.2, -0.15) is 5.26 Å². The molecule has 194 valence electrons. The summed E-state index contributed by atoms with van der Waals surface area (Å²) in [4.78, 5) is 26.9. The fraction of sp³-hybridized carbons (Fsp3) is 0.100.